The van der Waals surface area contributed by atoms with E-state index in [-0.39, 0.29) is 11.3 Å². The van der Waals surface area contributed by atoms with Crippen LogP contribution in [0, 0.1) is 5.41 Å². The summed E-state index contributed by atoms with van der Waals surface area (Å²) in [6.45, 7) is 0. The van der Waals surface area contributed by atoms with Gasteiger partial charge in [0.2, 0.25) is 0 Å². The van der Waals surface area contributed by atoms with Crippen molar-refractivity contribution in [2.75, 3.05) is 5.73 Å². The number of fused-ring (bicyclic) bond motifs is 1. The first-order chi connectivity index (χ1) is 10.1. The average molecular weight is 279 g/mol. The first-order valence-corrected chi connectivity index (χ1v) is 6.28. The van der Waals surface area contributed by atoms with Crippen LogP contribution in [0.15, 0.2) is 42.7 Å². The van der Waals surface area contributed by atoms with Crippen molar-refractivity contribution >= 4 is 28.2 Å². The van der Waals surface area contributed by atoms with Gasteiger partial charge in [-0.3, -0.25) is 15.2 Å². The van der Waals surface area contributed by atoms with Crippen LogP contribution in [0.1, 0.15) is 21.6 Å². The van der Waals surface area contributed by atoms with Gasteiger partial charge in [0.15, 0.2) is 0 Å². The Hall–Kier alpha value is -3.15. The second-order valence-electron chi connectivity index (χ2n) is 4.66. The largest absolute Gasteiger partial charge is 0.399 e. The molecule has 1 amide bonds. The van der Waals surface area contributed by atoms with Crippen LogP contribution in [0.3, 0.4) is 0 Å². The molecule has 1 aromatic carbocycles. The molecule has 3 rings (SSSR count). The molecule has 21 heavy (non-hydrogen) atoms. The van der Waals surface area contributed by atoms with Crippen molar-refractivity contribution in [2.24, 2.45) is 5.73 Å². The fourth-order valence-corrected chi connectivity index (χ4v) is 2.32. The van der Waals surface area contributed by atoms with Gasteiger partial charge in [0, 0.05) is 34.5 Å². The van der Waals surface area contributed by atoms with Crippen molar-refractivity contribution in [1.29, 1.82) is 5.41 Å². The molecule has 0 aliphatic rings. The van der Waals surface area contributed by atoms with Crippen LogP contribution in [0.2, 0.25) is 0 Å². The highest BCUT2D eigenvalue weighted by Crippen LogP contribution is 2.26. The molecule has 2 heterocycles. The third kappa shape index (κ3) is 2.12. The zero-order chi connectivity index (χ0) is 15.0. The van der Waals surface area contributed by atoms with Crippen molar-refractivity contribution < 1.29 is 4.79 Å². The van der Waals surface area contributed by atoms with Crippen LogP contribution in [-0.4, -0.2) is 21.6 Å². The zero-order valence-corrected chi connectivity index (χ0v) is 11.1. The number of amides is 1. The van der Waals surface area contributed by atoms with Gasteiger partial charge in [-0.25, -0.2) is 0 Å². The van der Waals surface area contributed by atoms with Gasteiger partial charge < -0.3 is 16.5 Å². The van der Waals surface area contributed by atoms with Crippen molar-refractivity contribution in [3.63, 3.8) is 0 Å². The van der Waals surface area contributed by atoms with Crippen LogP contribution >= 0.6 is 0 Å². The van der Waals surface area contributed by atoms with Gasteiger partial charge in [-0.05, 0) is 30.3 Å². The number of pyridine rings is 1. The number of nitrogens with two attached hydrogens (primary N) is 2. The molecule has 0 fully saturated rings. The van der Waals surface area contributed by atoms with E-state index in [2.05, 4.69) is 9.97 Å². The lowest BCUT2D eigenvalue weighted by Crippen LogP contribution is -2.16. The molecule has 6 nitrogen and oxygen atoms in total. The van der Waals surface area contributed by atoms with Gasteiger partial charge in [-0.2, -0.15) is 0 Å². The highest BCUT2D eigenvalue weighted by Gasteiger charge is 2.20. The van der Waals surface area contributed by atoms with Gasteiger partial charge in [-0.15, -0.1) is 0 Å². The molecule has 0 atom stereocenters. The minimum Gasteiger partial charge on any atom is -0.399 e. The number of aromatic amines is 1. The fourth-order valence-electron chi connectivity index (χ4n) is 2.32. The van der Waals surface area contributed by atoms with Gasteiger partial charge in [0.25, 0.3) is 5.91 Å². The van der Waals surface area contributed by atoms with E-state index in [4.69, 9.17) is 16.9 Å². The molecule has 3 aromatic rings. The summed E-state index contributed by atoms with van der Waals surface area (Å²) in [6, 6.07) is 8.57. The SMILES string of the molecule is N=C(c1ccncc1)c1[nH]c2ccc(N)cc2c1C(N)=O. The van der Waals surface area contributed by atoms with Crippen molar-refractivity contribution in [3.8, 4) is 0 Å². The van der Waals surface area contributed by atoms with E-state index in [0.717, 1.165) is 0 Å². The van der Waals surface area contributed by atoms with E-state index >= 15 is 0 Å². The molecular weight excluding hydrogens is 266 g/mol. The molecule has 0 bridgehead atoms. The summed E-state index contributed by atoms with van der Waals surface area (Å²) in [4.78, 5) is 18.8. The summed E-state index contributed by atoms with van der Waals surface area (Å²) in [7, 11) is 0. The predicted octanol–water partition coefficient (Wildman–Crippen LogP) is 1.66. The second-order valence-corrected chi connectivity index (χ2v) is 4.66. The van der Waals surface area contributed by atoms with Crippen LogP contribution in [-0.2, 0) is 0 Å². The topological polar surface area (TPSA) is 122 Å². The molecule has 0 aliphatic heterocycles. The number of anilines is 1. The average Bonchev–Trinajstić information content (AvgIpc) is 2.86. The number of hydrogen-bond donors (Lipinski definition) is 4. The quantitative estimate of drug-likeness (QED) is 0.430. The molecule has 104 valence electrons. The highest BCUT2D eigenvalue weighted by molar-refractivity contribution is 6.21. The van der Waals surface area contributed by atoms with Gasteiger partial charge >= 0.3 is 0 Å². The van der Waals surface area contributed by atoms with E-state index in [1.807, 2.05) is 0 Å². The molecular formula is C15H13N5O. The third-order valence-corrected chi connectivity index (χ3v) is 3.29. The monoisotopic (exact) mass is 279 g/mol. The molecule has 0 aliphatic carbocycles. The molecule has 0 radical (unpaired) electrons. The Kier molecular flexibility index (Phi) is 2.91. The van der Waals surface area contributed by atoms with Crippen molar-refractivity contribution in [1.82, 2.24) is 9.97 Å². The number of H-pyrrole nitrogens is 1. The number of nitrogen functional groups attached to an aromatic ring is 1. The highest BCUT2D eigenvalue weighted by atomic mass is 16.1. The number of benzene rings is 1. The maximum absolute atomic E-state index is 11.8. The summed E-state index contributed by atoms with van der Waals surface area (Å²) in [5.41, 5.74) is 14.0. The summed E-state index contributed by atoms with van der Waals surface area (Å²) >= 11 is 0. The van der Waals surface area contributed by atoms with E-state index < -0.39 is 5.91 Å². The summed E-state index contributed by atoms with van der Waals surface area (Å²) in [5.74, 6) is -0.597. The van der Waals surface area contributed by atoms with E-state index in [1.165, 1.54) is 0 Å². The molecule has 0 unspecified atom stereocenters. The fraction of sp³-hybridized carbons (Fsp3) is 0. The smallest absolute Gasteiger partial charge is 0.251 e. The lowest BCUT2D eigenvalue weighted by molar-refractivity contribution is 0.100. The second kappa shape index (κ2) is 4.75. The summed E-state index contributed by atoms with van der Waals surface area (Å²) in [5, 5.41) is 8.91. The molecule has 2 aromatic heterocycles. The van der Waals surface area contributed by atoms with Gasteiger partial charge in [-0.1, -0.05) is 0 Å². The zero-order valence-electron chi connectivity index (χ0n) is 11.1. The van der Waals surface area contributed by atoms with Crippen LogP contribution in [0.5, 0.6) is 0 Å². The first-order valence-electron chi connectivity index (χ1n) is 6.28. The van der Waals surface area contributed by atoms with Crippen LogP contribution in [0.4, 0.5) is 5.69 Å². The Morgan fingerprint density at radius 2 is 1.90 bits per heavy atom. The van der Waals surface area contributed by atoms with E-state index in [1.54, 1.807) is 42.7 Å². The number of nitrogens with one attached hydrogen (secondary N) is 2. The number of aromatic nitrogens is 2. The Bertz CT molecular complexity index is 851. The van der Waals surface area contributed by atoms with E-state index in [9.17, 15) is 4.79 Å². The molecule has 0 saturated heterocycles. The number of carbonyl (C=O) groups excluding carboxylic acids is 1. The molecule has 6 N–H and O–H groups in total. The van der Waals surface area contributed by atoms with Crippen LogP contribution < -0.4 is 11.5 Å². The van der Waals surface area contributed by atoms with Crippen molar-refractivity contribution in [2.45, 2.75) is 0 Å². The minimum absolute atomic E-state index is 0.181. The predicted molar refractivity (Wildman–Crippen MR) is 81.4 cm³/mol. The number of carbonyl (C=O) groups is 1. The Morgan fingerprint density at radius 1 is 1.19 bits per heavy atom. The Morgan fingerprint density at radius 3 is 2.57 bits per heavy atom. The third-order valence-electron chi connectivity index (χ3n) is 3.29. The Balaban J connectivity index is 2.25. The number of rotatable bonds is 3. The summed E-state index contributed by atoms with van der Waals surface area (Å²) in [6.07, 6.45) is 3.18. The van der Waals surface area contributed by atoms with Gasteiger partial charge in [0.1, 0.15) is 0 Å². The van der Waals surface area contributed by atoms with Crippen molar-refractivity contribution in [3.05, 3.63) is 59.5 Å². The number of primary amides is 1. The molecule has 0 spiro atoms. The molecule has 0 saturated carbocycles. The Labute approximate surface area is 120 Å². The maximum Gasteiger partial charge on any atom is 0.251 e. The first kappa shape index (κ1) is 12.9. The number of nitrogens with zero attached hydrogens (tertiary/aromatic N) is 1. The lowest BCUT2D eigenvalue weighted by atomic mass is 10.0. The lowest BCUT2D eigenvalue weighted by Gasteiger charge is -2.04. The van der Waals surface area contributed by atoms with Crippen LogP contribution in [0.25, 0.3) is 10.9 Å². The standard InChI is InChI=1S/C15H13N5O/c16-9-1-2-11-10(7-9)12(15(18)21)14(20-11)13(17)8-3-5-19-6-4-8/h1-7,17,20H,16H2,(H2,18,21). The minimum atomic E-state index is -0.597. The number of hydrogen-bond acceptors (Lipinski definition) is 4. The molecule has 6 heteroatoms. The maximum atomic E-state index is 11.8. The van der Waals surface area contributed by atoms with E-state index in [0.29, 0.717) is 27.8 Å². The summed E-state index contributed by atoms with van der Waals surface area (Å²) < 4.78 is 0. The normalized spacial score (nSPS) is 10.7. The van der Waals surface area contributed by atoms with Gasteiger partial charge in [0.05, 0.1) is 17.0 Å².